The van der Waals surface area contributed by atoms with Gasteiger partial charge in [0.05, 0.1) is 83.1 Å². The van der Waals surface area contributed by atoms with E-state index in [0.29, 0.717) is 54.8 Å². The summed E-state index contributed by atoms with van der Waals surface area (Å²) in [5.74, 6) is 2.42. The van der Waals surface area contributed by atoms with Crippen molar-refractivity contribution in [1.29, 1.82) is 0 Å². The molecular weight excluding hydrogens is 1630 g/mol. The molecule has 0 aliphatic rings. The Balaban J connectivity index is 0.000000126. The van der Waals surface area contributed by atoms with Gasteiger partial charge in [-0.3, -0.25) is 0 Å². The first-order valence-electron chi connectivity index (χ1n) is 38.4. The number of aromatic nitrogens is 20. The van der Waals surface area contributed by atoms with Gasteiger partial charge >= 0.3 is 0 Å². The Labute approximate surface area is 696 Å². The third kappa shape index (κ3) is 18.2. The molecule has 0 saturated carbocycles. The number of nitrogens with two attached hydrogens (primary N) is 5. The second-order valence-corrected chi connectivity index (χ2v) is 36.0. The van der Waals surface area contributed by atoms with Gasteiger partial charge in [0, 0.05) is 40.1 Å². The highest BCUT2D eigenvalue weighted by Gasteiger charge is 2.29. The summed E-state index contributed by atoms with van der Waals surface area (Å²) in [6, 6.07) is 54.6. The Morgan fingerprint density at radius 1 is 0.302 bits per heavy atom. The van der Waals surface area contributed by atoms with E-state index in [1.165, 1.54) is 84.6 Å². The normalized spacial score (nSPS) is 12.1. The Bertz CT molecular complexity index is 6090. The highest BCUT2D eigenvalue weighted by Crippen LogP contribution is 2.35. The van der Waals surface area contributed by atoms with Gasteiger partial charge in [-0.15, -0.1) is 0 Å². The average molecular weight is 1730 g/mol. The number of halogens is 2. The largest absolute Gasteiger partial charge is 0.383 e. The zero-order chi connectivity index (χ0) is 82.9. The van der Waals surface area contributed by atoms with Crippen LogP contribution in [0, 0.1) is 10.5 Å². The molecule has 7 aromatic carbocycles. The summed E-state index contributed by atoms with van der Waals surface area (Å²) >= 11 is 5.82. The summed E-state index contributed by atoms with van der Waals surface area (Å²) in [6.07, 6.45) is 11.0. The fourth-order valence-electron chi connectivity index (χ4n) is 14.0. The van der Waals surface area contributed by atoms with Gasteiger partial charge in [-0.1, -0.05) is 155 Å². The SMILES string of the molecule is CC(C)(C)n1nc(Cc2ccc3ccccc3c2)c2c(N)ncnc21.CC(C)(C)n1nc(Cc2cccc(Br)c2)c2c(N)ncnc21.CC(C)(C)n1nc(Cc2cccc(I)c2)c2c(N)ncnc21.CC(C)(C)n1nc(Cc2cccc3ccccc23)c2c(N)ncnc21.Cc1cccc(Cc2nn(C(C)(C)C)c3ncnc(N)c23)c1. The fraction of sp³-hybridized carbons (Fsp3) is 0.292. The zero-order valence-electron chi connectivity index (χ0n) is 68.5. The van der Waals surface area contributed by atoms with E-state index in [2.05, 4.69) is 345 Å². The summed E-state index contributed by atoms with van der Waals surface area (Å²) in [5.41, 5.74) is 45.5. The number of rotatable bonds is 10. The summed E-state index contributed by atoms with van der Waals surface area (Å²) in [4.78, 5) is 42.8. The standard InChI is InChI=1S/2C20H21N5.C17H21N5.C16H18BrN5.C16H18IN5/c1-20(2,3)25-19-17(18(21)22-12-23-19)16(24-25)11-14-9-6-8-13-7-4-5-10-15(13)14;1-20(2,3)25-19-17(18(21)22-12-23-19)16(24-25)11-13-8-9-14-6-4-5-7-15(14)10-13;1-11-6-5-7-12(8-11)9-13-14-15(18)19-10-20-16(14)22(21-13)17(2,3)4;2*1-16(2,3)22-15-13(14(18)19-9-20-15)12(21-22)8-10-5-4-6-11(17)7-10/h2*4-10,12H,11H2,1-3H3,(H2,21,22,23);5-8,10H,9H2,1-4H3,(H2,18,19,20);2*4-7,9H,8H2,1-3H3,(H2,18,19,20). The molecule has 17 rings (SSSR count). The summed E-state index contributed by atoms with van der Waals surface area (Å²) < 4.78 is 11.9. The molecule has 0 unspecified atom stereocenters. The maximum absolute atomic E-state index is 6.18. The molecule has 0 amide bonds. The number of nitrogen functional groups attached to an aromatic ring is 5. The molecule has 0 fully saturated rings. The first-order valence-corrected chi connectivity index (χ1v) is 40.3. The number of fused-ring (bicyclic) bond motifs is 7. The minimum atomic E-state index is -0.184. The van der Waals surface area contributed by atoms with E-state index in [1.54, 1.807) is 0 Å². The Hall–Kier alpha value is -12.0. The van der Waals surface area contributed by atoms with Gasteiger partial charge in [-0.2, -0.15) is 25.5 Å². The van der Waals surface area contributed by atoms with Gasteiger partial charge in [0.15, 0.2) is 28.2 Å². The molecule has 0 spiro atoms. The average Bonchev–Trinajstić information content (AvgIpc) is 1.63. The van der Waals surface area contributed by atoms with Crippen molar-refractivity contribution in [2.75, 3.05) is 28.7 Å². The molecule has 594 valence electrons. The van der Waals surface area contributed by atoms with Gasteiger partial charge in [0.1, 0.15) is 60.7 Å². The second kappa shape index (κ2) is 33.1. The molecule has 0 bridgehead atoms. The van der Waals surface area contributed by atoms with Crippen LogP contribution in [0.4, 0.5) is 29.1 Å². The van der Waals surface area contributed by atoms with Gasteiger partial charge in [0.25, 0.3) is 0 Å². The molecule has 0 atom stereocenters. The second-order valence-electron chi connectivity index (χ2n) is 33.9. The first-order chi connectivity index (χ1) is 55.0. The number of anilines is 5. The predicted octanol–water partition coefficient (Wildman–Crippen LogP) is 17.8. The molecule has 10 aromatic heterocycles. The summed E-state index contributed by atoms with van der Waals surface area (Å²) in [6.45, 7) is 33.7. The van der Waals surface area contributed by atoms with Crippen LogP contribution in [0.15, 0.2) is 194 Å². The molecule has 17 aromatic rings. The van der Waals surface area contributed by atoms with Crippen molar-refractivity contribution in [1.82, 2.24) is 98.7 Å². The number of hydrogen-bond donors (Lipinski definition) is 5. The lowest BCUT2D eigenvalue weighted by molar-refractivity contribution is 0.363. The third-order valence-corrected chi connectivity index (χ3v) is 20.6. The molecule has 27 heteroatoms. The van der Waals surface area contributed by atoms with Crippen molar-refractivity contribution in [2.45, 2.75) is 171 Å². The van der Waals surface area contributed by atoms with Crippen molar-refractivity contribution >= 4 is 144 Å². The number of benzene rings is 7. The maximum atomic E-state index is 6.18. The van der Waals surface area contributed by atoms with Gasteiger partial charge < -0.3 is 28.7 Å². The summed E-state index contributed by atoms with van der Waals surface area (Å²) in [7, 11) is 0. The smallest absolute Gasteiger partial charge is 0.164 e. The van der Waals surface area contributed by atoms with Crippen LogP contribution in [0.5, 0.6) is 0 Å². The van der Waals surface area contributed by atoms with Crippen LogP contribution >= 0.6 is 38.5 Å². The van der Waals surface area contributed by atoms with E-state index in [4.69, 9.17) is 54.2 Å². The van der Waals surface area contributed by atoms with Crippen LogP contribution in [-0.4, -0.2) is 98.7 Å². The lowest BCUT2D eigenvalue weighted by atomic mass is 10.0. The Morgan fingerprint density at radius 2 is 0.612 bits per heavy atom. The quantitative estimate of drug-likeness (QED) is 0.0794. The molecule has 0 radical (unpaired) electrons. The van der Waals surface area contributed by atoms with Crippen LogP contribution in [0.25, 0.3) is 76.7 Å². The number of nitrogens with zero attached hydrogens (tertiary/aromatic N) is 20. The molecule has 0 aliphatic carbocycles. The van der Waals surface area contributed by atoms with Crippen molar-refractivity contribution in [2.24, 2.45) is 0 Å². The van der Waals surface area contributed by atoms with Crippen molar-refractivity contribution < 1.29 is 0 Å². The Morgan fingerprint density at radius 3 is 0.983 bits per heavy atom. The van der Waals surface area contributed by atoms with E-state index < -0.39 is 0 Å². The van der Waals surface area contributed by atoms with Gasteiger partial charge in [0.2, 0.25) is 0 Å². The molecule has 116 heavy (non-hydrogen) atoms. The minimum absolute atomic E-state index is 0.163. The highest BCUT2D eigenvalue weighted by atomic mass is 127. The van der Waals surface area contributed by atoms with Crippen molar-refractivity contribution in [3.63, 3.8) is 0 Å². The zero-order valence-corrected chi connectivity index (χ0v) is 72.3. The third-order valence-electron chi connectivity index (χ3n) is 19.4. The van der Waals surface area contributed by atoms with Gasteiger partial charge in [-0.25, -0.2) is 73.2 Å². The lowest BCUT2D eigenvalue weighted by Crippen LogP contribution is -2.23. The molecule has 10 N–H and O–H groups in total. The number of hydrogen-bond acceptors (Lipinski definition) is 20. The van der Waals surface area contributed by atoms with Crippen LogP contribution < -0.4 is 28.7 Å². The van der Waals surface area contributed by atoms with E-state index in [0.717, 1.165) is 100 Å². The Kier molecular flexibility index (Phi) is 23.4. The molecule has 0 saturated heterocycles. The lowest BCUT2D eigenvalue weighted by Gasteiger charge is -2.19. The van der Waals surface area contributed by atoms with E-state index >= 15 is 0 Å². The molecular formula is C89H99BrIN25. The summed E-state index contributed by atoms with van der Waals surface area (Å²) in [5, 5.41) is 33.2. The van der Waals surface area contributed by atoms with Gasteiger partial charge in [-0.05, 0) is 207 Å². The number of aryl methyl sites for hydroxylation is 1. The van der Waals surface area contributed by atoms with E-state index in [-0.39, 0.29) is 27.7 Å². The monoisotopic (exact) mass is 1720 g/mol. The molecule has 0 aliphatic heterocycles. The topological polar surface area (TPSA) is 348 Å². The fourth-order valence-corrected chi connectivity index (χ4v) is 15.1. The predicted molar refractivity (Wildman–Crippen MR) is 480 cm³/mol. The van der Waals surface area contributed by atoms with Crippen molar-refractivity contribution in [3.05, 3.63) is 259 Å². The van der Waals surface area contributed by atoms with Crippen LogP contribution in [0.1, 0.15) is 166 Å². The van der Waals surface area contributed by atoms with E-state index in [1.807, 2.05) is 35.5 Å². The van der Waals surface area contributed by atoms with Crippen molar-refractivity contribution in [3.8, 4) is 0 Å². The minimum Gasteiger partial charge on any atom is -0.383 e. The first kappa shape index (κ1) is 82.0. The van der Waals surface area contributed by atoms with E-state index in [9.17, 15) is 0 Å². The highest BCUT2D eigenvalue weighted by molar-refractivity contribution is 14.1. The molecule has 25 nitrogen and oxygen atoms in total. The van der Waals surface area contributed by atoms with Crippen LogP contribution in [0.3, 0.4) is 0 Å². The molecule has 10 heterocycles. The van der Waals surface area contributed by atoms with Crippen LogP contribution in [-0.2, 0) is 59.8 Å². The maximum Gasteiger partial charge on any atom is 0.164 e. The van der Waals surface area contributed by atoms with Crippen LogP contribution in [0.2, 0.25) is 0 Å².